The Hall–Kier alpha value is -2.53. The maximum atomic E-state index is 12.2. The molecule has 0 atom stereocenters. The normalized spacial score (nSPS) is 16.0. The molecule has 0 radical (unpaired) electrons. The largest absolute Gasteiger partial charge is 0.508 e. The molecular formula is C18H16O5. The van der Waals surface area contributed by atoms with E-state index in [1.54, 1.807) is 18.2 Å². The van der Waals surface area contributed by atoms with Gasteiger partial charge in [-0.3, -0.25) is 0 Å². The van der Waals surface area contributed by atoms with Crippen LogP contribution in [-0.4, -0.2) is 24.4 Å². The molecule has 0 spiro atoms. The van der Waals surface area contributed by atoms with E-state index >= 15 is 0 Å². The Morgan fingerprint density at radius 3 is 2.61 bits per heavy atom. The first-order chi connectivity index (χ1) is 11.2. The van der Waals surface area contributed by atoms with Crippen molar-refractivity contribution in [2.75, 3.05) is 13.2 Å². The number of benzene rings is 2. The van der Waals surface area contributed by atoms with E-state index in [0.29, 0.717) is 29.9 Å². The average molecular weight is 312 g/mol. The highest BCUT2D eigenvalue weighted by atomic mass is 16.5. The van der Waals surface area contributed by atoms with Crippen LogP contribution in [0.15, 0.2) is 45.6 Å². The van der Waals surface area contributed by atoms with E-state index in [1.807, 2.05) is 12.1 Å². The predicted molar refractivity (Wildman–Crippen MR) is 86.1 cm³/mol. The van der Waals surface area contributed by atoms with Crippen LogP contribution in [-0.2, 0) is 4.74 Å². The summed E-state index contributed by atoms with van der Waals surface area (Å²) in [5, 5.41) is 11.6. The molecule has 1 saturated heterocycles. The van der Waals surface area contributed by atoms with Crippen LogP contribution in [0.3, 0.4) is 0 Å². The lowest BCUT2D eigenvalue weighted by atomic mass is 10.1. The Labute approximate surface area is 132 Å². The van der Waals surface area contributed by atoms with E-state index in [2.05, 4.69) is 0 Å². The van der Waals surface area contributed by atoms with Gasteiger partial charge in [0.25, 0.3) is 0 Å². The highest BCUT2D eigenvalue weighted by Gasteiger charge is 2.16. The van der Waals surface area contributed by atoms with E-state index in [9.17, 15) is 9.90 Å². The molecule has 2 heterocycles. The summed E-state index contributed by atoms with van der Waals surface area (Å²) in [6.07, 6.45) is 1.82. The summed E-state index contributed by atoms with van der Waals surface area (Å²) < 4.78 is 16.6. The number of hydrogen-bond acceptors (Lipinski definition) is 5. The molecule has 23 heavy (non-hydrogen) atoms. The van der Waals surface area contributed by atoms with Gasteiger partial charge in [-0.05, 0) is 30.3 Å². The van der Waals surface area contributed by atoms with E-state index in [1.165, 1.54) is 6.07 Å². The summed E-state index contributed by atoms with van der Waals surface area (Å²) in [4.78, 5) is 12.2. The van der Waals surface area contributed by atoms with Gasteiger partial charge in [0, 0.05) is 29.7 Å². The van der Waals surface area contributed by atoms with Crippen molar-refractivity contribution in [3.8, 4) is 11.5 Å². The number of phenols is 1. The third-order valence-electron chi connectivity index (χ3n) is 4.14. The molecule has 0 saturated carbocycles. The zero-order valence-corrected chi connectivity index (χ0v) is 12.5. The third kappa shape index (κ3) is 2.64. The van der Waals surface area contributed by atoms with Gasteiger partial charge in [0.1, 0.15) is 23.2 Å². The Morgan fingerprint density at radius 1 is 1.00 bits per heavy atom. The van der Waals surface area contributed by atoms with Gasteiger partial charge >= 0.3 is 5.63 Å². The molecule has 5 nitrogen and oxygen atoms in total. The fourth-order valence-electron chi connectivity index (χ4n) is 2.96. The number of aromatic hydroxyl groups is 1. The SMILES string of the molecule is O=c1oc2cc(O)ccc2c2ccc(OC3CCOCC3)cc12. The highest BCUT2D eigenvalue weighted by molar-refractivity contribution is 6.04. The van der Waals surface area contributed by atoms with Crippen LogP contribution in [0.25, 0.3) is 21.7 Å². The lowest BCUT2D eigenvalue weighted by Gasteiger charge is -2.23. The minimum absolute atomic E-state index is 0.0690. The number of hydrogen-bond donors (Lipinski definition) is 1. The number of fused-ring (bicyclic) bond motifs is 3. The van der Waals surface area contributed by atoms with Gasteiger partial charge in [-0.25, -0.2) is 4.79 Å². The second-order valence-electron chi connectivity index (χ2n) is 5.71. The molecule has 118 valence electrons. The van der Waals surface area contributed by atoms with Crippen molar-refractivity contribution < 1.29 is 19.0 Å². The molecule has 5 heteroatoms. The molecule has 0 bridgehead atoms. The maximum Gasteiger partial charge on any atom is 0.344 e. The van der Waals surface area contributed by atoms with Crippen molar-refractivity contribution >= 4 is 21.7 Å². The van der Waals surface area contributed by atoms with Gasteiger partial charge in [0.05, 0.1) is 18.6 Å². The molecule has 1 N–H and O–H groups in total. The van der Waals surface area contributed by atoms with Gasteiger partial charge in [0.2, 0.25) is 0 Å². The Bertz CT molecular complexity index is 922. The molecule has 2 aromatic carbocycles. The lowest BCUT2D eigenvalue weighted by molar-refractivity contribution is 0.0256. The zero-order valence-electron chi connectivity index (χ0n) is 12.5. The molecule has 4 rings (SSSR count). The maximum absolute atomic E-state index is 12.2. The first-order valence-corrected chi connectivity index (χ1v) is 7.65. The van der Waals surface area contributed by atoms with Crippen molar-refractivity contribution in [1.82, 2.24) is 0 Å². The van der Waals surface area contributed by atoms with Crippen molar-refractivity contribution in [3.05, 3.63) is 46.8 Å². The molecule has 3 aromatic rings. The molecule has 1 aliphatic heterocycles. The third-order valence-corrected chi connectivity index (χ3v) is 4.14. The van der Waals surface area contributed by atoms with Gasteiger partial charge in [-0.1, -0.05) is 0 Å². The summed E-state index contributed by atoms with van der Waals surface area (Å²) in [7, 11) is 0. The van der Waals surface area contributed by atoms with Crippen molar-refractivity contribution in [2.45, 2.75) is 18.9 Å². The van der Waals surface area contributed by atoms with Gasteiger partial charge in [-0.2, -0.15) is 0 Å². The molecule has 1 fully saturated rings. The Kier molecular flexibility index (Phi) is 3.42. The second kappa shape index (κ2) is 5.59. The summed E-state index contributed by atoms with van der Waals surface area (Å²) >= 11 is 0. The second-order valence-corrected chi connectivity index (χ2v) is 5.71. The number of rotatable bonds is 2. The minimum atomic E-state index is -0.435. The first kappa shape index (κ1) is 14.1. The minimum Gasteiger partial charge on any atom is -0.508 e. The topological polar surface area (TPSA) is 68.9 Å². The van der Waals surface area contributed by atoms with Crippen molar-refractivity contribution in [1.29, 1.82) is 0 Å². The van der Waals surface area contributed by atoms with Crippen LogP contribution in [0.2, 0.25) is 0 Å². The fraction of sp³-hybridized carbons (Fsp3) is 0.278. The molecule has 1 aliphatic rings. The van der Waals surface area contributed by atoms with E-state index in [-0.39, 0.29) is 11.9 Å². The predicted octanol–water partition coefficient (Wildman–Crippen LogP) is 3.21. The quantitative estimate of drug-likeness (QED) is 0.581. The molecule has 0 unspecified atom stereocenters. The van der Waals surface area contributed by atoms with Crippen LogP contribution >= 0.6 is 0 Å². The van der Waals surface area contributed by atoms with E-state index < -0.39 is 5.63 Å². The number of phenolic OH excluding ortho intramolecular Hbond substituents is 1. The van der Waals surface area contributed by atoms with Crippen molar-refractivity contribution in [2.24, 2.45) is 0 Å². The summed E-state index contributed by atoms with van der Waals surface area (Å²) in [5.74, 6) is 0.731. The van der Waals surface area contributed by atoms with Crippen LogP contribution in [0.1, 0.15) is 12.8 Å². The van der Waals surface area contributed by atoms with Crippen LogP contribution in [0.4, 0.5) is 0 Å². The average Bonchev–Trinajstić information content (AvgIpc) is 2.56. The molecule has 0 aliphatic carbocycles. The lowest BCUT2D eigenvalue weighted by Crippen LogP contribution is -2.25. The standard InChI is InChI=1S/C18H16O5/c19-11-1-3-15-14-4-2-13(22-12-5-7-21-8-6-12)10-16(14)18(20)23-17(15)9-11/h1-4,9-10,12,19H,5-8H2. The Balaban J connectivity index is 1.79. The first-order valence-electron chi connectivity index (χ1n) is 7.65. The zero-order chi connectivity index (χ0) is 15.8. The van der Waals surface area contributed by atoms with Crippen LogP contribution < -0.4 is 10.4 Å². The number of ether oxygens (including phenoxy) is 2. The van der Waals surface area contributed by atoms with Gasteiger partial charge in [0.15, 0.2) is 0 Å². The molecule has 1 aromatic heterocycles. The van der Waals surface area contributed by atoms with E-state index in [4.69, 9.17) is 13.9 Å². The molecular weight excluding hydrogens is 296 g/mol. The van der Waals surface area contributed by atoms with Crippen LogP contribution in [0.5, 0.6) is 11.5 Å². The van der Waals surface area contributed by atoms with Gasteiger partial charge in [-0.15, -0.1) is 0 Å². The van der Waals surface area contributed by atoms with Gasteiger partial charge < -0.3 is 19.0 Å². The molecule has 0 amide bonds. The van der Waals surface area contributed by atoms with Crippen LogP contribution in [0, 0.1) is 0 Å². The Morgan fingerprint density at radius 2 is 1.78 bits per heavy atom. The fourth-order valence-corrected chi connectivity index (χ4v) is 2.96. The van der Waals surface area contributed by atoms with Crippen molar-refractivity contribution in [3.63, 3.8) is 0 Å². The summed E-state index contributed by atoms with van der Waals surface area (Å²) in [6.45, 7) is 1.41. The van der Waals surface area contributed by atoms with E-state index in [0.717, 1.165) is 23.6 Å². The summed E-state index contributed by atoms with van der Waals surface area (Å²) in [6, 6.07) is 10.2. The monoisotopic (exact) mass is 312 g/mol. The highest BCUT2D eigenvalue weighted by Crippen LogP contribution is 2.29. The smallest absolute Gasteiger partial charge is 0.344 e. The summed E-state index contributed by atoms with van der Waals surface area (Å²) in [5.41, 5.74) is -0.0591.